The van der Waals surface area contributed by atoms with Crippen LogP contribution in [-0.2, 0) is 14.3 Å². The van der Waals surface area contributed by atoms with E-state index in [1.54, 1.807) is 17.7 Å². The molecule has 3 aliphatic rings. The summed E-state index contributed by atoms with van der Waals surface area (Å²) in [5, 5.41) is 0. The van der Waals surface area contributed by atoms with E-state index in [1.807, 2.05) is 12.1 Å². The van der Waals surface area contributed by atoms with Gasteiger partial charge in [-0.05, 0) is 127 Å². The van der Waals surface area contributed by atoms with Gasteiger partial charge in [-0.25, -0.2) is 0 Å². The van der Waals surface area contributed by atoms with Crippen LogP contribution in [0.25, 0.3) is 0 Å². The molecule has 0 radical (unpaired) electrons. The highest BCUT2D eigenvalue weighted by atomic mass is 127. The molecule has 0 bridgehead atoms. The average molecular weight is 555 g/mol. The standard InChI is InChI=1S/C26H35IO3S/c1-17(2)26(4)14-13-24-19(15-26)7-12-23-20(6-5-18(3)25(23)24)16-30-31(28,29)22-10-8-21(27)9-11-22/h8-11,13,18-20,23,25H,1,5-7,12,14-16H2,2-4H3/t18?,19?,20-,23?,25+,26-/m1/s1. The van der Waals surface area contributed by atoms with Gasteiger partial charge >= 0.3 is 0 Å². The van der Waals surface area contributed by atoms with E-state index in [4.69, 9.17) is 4.18 Å². The van der Waals surface area contributed by atoms with Crippen LogP contribution < -0.4 is 0 Å². The lowest BCUT2D eigenvalue weighted by Crippen LogP contribution is -2.43. The molecule has 0 saturated heterocycles. The van der Waals surface area contributed by atoms with Gasteiger partial charge in [0.05, 0.1) is 11.5 Å². The van der Waals surface area contributed by atoms with Gasteiger partial charge in [0.25, 0.3) is 10.1 Å². The first kappa shape index (κ1) is 23.5. The summed E-state index contributed by atoms with van der Waals surface area (Å²) in [6.45, 7) is 11.5. The molecule has 2 saturated carbocycles. The fourth-order valence-electron chi connectivity index (χ4n) is 6.30. The van der Waals surface area contributed by atoms with E-state index in [9.17, 15) is 8.42 Å². The van der Waals surface area contributed by atoms with Gasteiger partial charge in [0.15, 0.2) is 0 Å². The van der Waals surface area contributed by atoms with E-state index in [-0.39, 0.29) is 10.3 Å². The van der Waals surface area contributed by atoms with E-state index in [0.717, 1.165) is 22.8 Å². The monoisotopic (exact) mass is 554 g/mol. The van der Waals surface area contributed by atoms with Gasteiger partial charge < -0.3 is 0 Å². The molecular formula is C26H35IO3S. The number of allylic oxidation sites excluding steroid dienone is 3. The molecule has 3 aliphatic carbocycles. The molecule has 0 aliphatic heterocycles. The van der Waals surface area contributed by atoms with Gasteiger partial charge in [-0.2, -0.15) is 8.42 Å². The second-order valence-corrected chi connectivity index (χ2v) is 13.3. The molecule has 1 aromatic carbocycles. The summed E-state index contributed by atoms with van der Waals surface area (Å²) in [5.74, 6) is 2.76. The van der Waals surface area contributed by atoms with Crippen LogP contribution in [0.3, 0.4) is 0 Å². The molecular weight excluding hydrogens is 519 g/mol. The highest BCUT2D eigenvalue weighted by Gasteiger charge is 2.47. The van der Waals surface area contributed by atoms with Crippen LogP contribution in [0.5, 0.6) is 0 Å². The Balaban J connectivity index is 1.49. The van der Waals surface area contributed by atoms with Crippen molar-refractivity contribution in [1.29, 1.82) is 0 Å². The summed E-state index contributed by atoms with van der Waals surface area (Å²) in [6, 6.07) is 6.90. The highest BCUT2D eigenvalue weighted by Crippen LogP contribution is 2.56. The maximum Gasteiger partial charge on any atom is 0.296 e. The number of halogens is 1. The highest BCUT2D eigenvalue weighted by molar-refractivity contribution is 14.1. The molecule has 0 amide bonds. The first-order valence-electron chi connectivity index (χ1n) is 11.6. The number of hydrogen-bond acceptors (Lipinski definition) is 3. The lowest BCUT2D eigenvalue weighted by Gasteiger charge is -2.52. The number of hydrogen-bond donors (Lipinski definition) is 0. The summed E-state index contributed by atoms with van der Waals surface area (Å²) < 4.78 is 32.1. The van der Waals surface area contributed by atoms with Gasteiger partial charge in [0.2, 0.25) is 0 Å². The Morgan fingerprint density at radius 1 is 1.19 bits per heavy atom. The Morgan fingerprint density at radius 2 is 1.90 bits per heavy atom. The first-order chi connectivity index (χ1) is 14.6. The normalized spacial score (nSPS) is 35.6. The fourth-order valence-corrected chi connectivity index (χ4v) is 7.62. The Morgan fingerprint density at radius 3 is 2.58 bits per heavy atom. The van der Waals surface area contributed by atoms with Gasteiger partial charge in [-0.3, -0.25) is 4.18 Å². The zero-order chi connectivity index (χ0) is 22.4. The Labute approximate surface area is 202 Å². The van der Waals surface area contributed by atoms with Crippen molar-refractivity contribution in [2.24, 2.45) is 35.0 Å². The molecule has 0 heterocycles. The number of benzene rings is 1. The van der Waals surface area contributed by atoms with Crippen LogP contribution in [0.1, 0.15) is 59.3 Å². The van der Waals surface area contributed by atoms with Crippen molar-refractivity contribution in [3.63, 3.8) is 0 Å². The molecule has 6 atom stereocenters. The van der Waals surface area contributed by atoms with Crippen LogP contribution in [0, 0.1) is 38.6 Å². The Bertz CT molecular complexity index is 965. The van der Waals surface area contributed by atoms with Crippen LogP contribution in [0.15, 0.2) is 53.0 Å². The molecule has 0 aromatic heterocycles. The van der Waals surface area contributed by atoms with E-state index in [2.05, 4.69) is 56.0 Å². The summed E-state index contributed by atoms with van der Waals surface area (Å²) in [7, 11) is -3.70. The minimum absolute atomic E-state index is 0.225. The third-order valence-corrected chi connectivity index (χ3v) is 10.4. The maximum absolute atomic E-state index is 12.7. The molecule has 170 valence electrons. The molecule has 31 heavy (non-hydrogen) atoms. The number of rotatable bonds is 5. The van der Waals surface area contributed by atoms with Crippen molar-refractivity contribution < 1.29 is 12.6 Å². The summed E-state index contributed by atoms with van der Waals surface area (Å²) >= 11 is 2.18. The lowest BCUT2D eigenvalue weighted by molar-refractivity contribution is 0.0423. The van der Waals surface area contributed by atoms with Crippen molar-refractivity contribution in [1.82, 2.24) is 0 Å². The fraction of sp³-hybridized carbons (Fsp3) is 0.615. The predicted octanol–water partition coefficient (Wildman–Crippen LogP) is 6.99. The molecule has 3 nitrogen and oxygen atoms in total. The second kappa shape index (κ2) is 8.94. The van der Waals surface area contributed by atoms with Crippen molar-refractivity contribution in [2.45, 2.75) is 64.2 Å². The predicted molar refractivity (Wildman–Crippen MR) is 134 cm³/mol. The van der Waals surface area contributed by atoms with E-state index in [0.29, 0.717) is 36.2 Å². The summed E-state index contributed by atoms with van der Waals surface area (Å²) in [5.41, 5.74) is 3.18. The summed E-state index contributed by atoms with van der Waals surface area (Å²) in [4.78, 5) is 0.256. The van der Waals surface area contributed by atoms with Gasteiger partial charge in [-0.1, -0.05) is 37.6 Å². The third-order valence-electron chi connectivity index (χ3n) is 8.43. The lowest BCUT2D eigenvalue weighted by atomic mass is 9.53. The molecule has 4 rings (SSSR count). The molecule has 3 unspecified atom stereocenters. The zero-order valence-electron chi connectivity index (χ0n) is 18.9. The second-order valence-electron chi connectivity index (χ2n) is 10.4. The van der Waals surface area contributed by atoms with Gasteiger partial charge in [0.1, 0.15) is 0 Å². The SMILES string of the molecule is C=C(C)[C@]1(C)CC=C2C(CCC3[C@@H](COS(=O)(=O)c4ccc(I)cc4)CCC(C)[C@H]23)C1. The van der Waals surface area contributed by atoms with Crippen LogP contribution >= 0.6 is 22.6 Å². The summed E-state index contributed by atoms with van der Waals surface area (Å²) in [6.07, 6.45) is 9.44. The number of fused-ring (bicyclic) bond motifs is 3. The molecule has 0 spiro atoms. The van der Waals surface area contributed by atoms with E-state index in [1.165, 1.54) is 24.8 Å². The van der Waals surface area contributed by atoms with Gasteiger partial charge in [-0.15, -0.1) is 0 Å². The zero-order valence-corrected chi connectivity index (χ0v) is 21.9. The van der Waals surface area contributed by atoms with Crippen molar-refractivity contribution >= 4 is 32.7 Å². The van der Waals surface area contributed by atoms with Gasteiger partial charge in [0, 0.05) is 3.57 Å². The third kappa shape index (κ3) is 4.70. The average Bonchev–Trinajstić information content (AvgIpc) is 2.73. The van der Waals surface area contributed by atoms with Crippen molar-refractivity contribution in [2.75, 3.05) is 6.61 Å². The topological polar surface area (TPSA) is 43.4 Å². The van der Waals surface area contributed by atoms with Crippen LogP contribution in [-0.4, -0.2) is 15.0 Å². The molecule has 0 N–H and O–H groups in total. The van der Waals surface area contributed by atoms with E-state index >= 15 is 0 Å². The van der Waals surface area contributed by atoms with Crippen LogP contribution in [0.4, 0.5) is 0 Å². The van der Waals surface area contributed by atoms with Crippen LogP contribution in [0.2, 0.25) is 0 Å². The Hall–Kier alpha value is -0.660. The maximum atomic E-state index is 12.7. The Kier molecular flexibility index (Phi) is 6.78. The molecule has 1 aromatic rings. The molecule has 5 heteroatoms. The first-order valence-corrected chi connectivity index (χ1v) is 14.1. The quantitative estimate of drug-likeness (QED) is 0.224. The minimum atomic E-state index is -3.70. The smallest absolute Gasteiger partial charge is 0.266 e. The molecule has 2 fully saturated rings. The van der Waals surface area contributed by atoms with Crippen molar-refractivity contribution in [3.8, 4) is 0 Å². The largest absolute Gasteiger partial charge is 0.296 e. The minimum Gasteiger partial charge on any atom is -0.266 e. The van der Waals surface area contributed by atoms with Crippen molar-refractivity contribution in [3.05, 3.63) is 51.6 Å². The van der Waals surface area contributed by atoms with E-state index < -0.39 is 10.1 Å².